The van der Waals surface area contributed by atoms with Gasteiger partial charge in [-0.15, -0.1) is 0 Å². The number of hydrogen-bond donors (Lipinski definition) is 10. The van der Waals surface area contributed by atoms with E-state index in [4.69, 9.17) is 55.3 Å². The van der Waals surface area contributed by atoms with E-state index >= 15 is 0 Å². The number of rotatable bonds is 33. The van der Waals surface area contributed by atoms with Gasteiger partial charge in [0.2, 0.25) is 5.91 Å². The van der Waals surface area contributed by atoms with Crippen molar-refractivity contribution in [3.8, 4) is 0 Å². The normalized spacial score (nSPS) is 12.4. The minimum absolute atomic E-state index is 0.0131. The summed E-state index contributed by atoms with van der Waals surface area (Å²) >= 11 is 0. The lowest BCUT2D eigenvalue weighted by atomic mass is 10.0. The fourth-order valence-corrected chi connectivity index (χ4v) is 5.40. The number of phosphoric acid groups is 1. The van der Waals surface area contributed by atoms with Crippen molar-refractivity contribution in [2.24, 2.45) is 99.1 Å². The molecule has 0 radical (unpaired) electrons. The molecule has 0 unspecified atom stereocenters. The maximum absolute atomic E-state index is 11.3. The number of nitrogens with zero attached hydrogens (tertiary/aromatic N) is 1. The number of nitrogens with one attached hydrogen (secondary N) is 2. The van der Waals surface area contributed by atoms with E-state index in [9.17, 15) is 71.9 Å². The molecule has 1 heterocycles. The molecule has 1 aliphatic rings. The molecule has 2 atom stereocenters. The van der Waals surface area contributed by atoms with E-state index in [0.29, 0.717) is 121 Å². The quantitative estimate of drug-likeness (QED) is 0.0188. The van der Waals surface area contributed by atoms with Crippen LogP contribution in [-0.4, -0.2) is 187 Å². The monoisotopic (exact) mass is 1440 g/mol. The maximum atomic E-state index is 11.3. The highest BCUT2D eigenvalue weighted by Crippen LogP contribution is 2.29. The van der Waals surface area contributed by atoms with E-state index in [1.807, 2.05) is 83.1 Å². The summed E-state index contributed by atoms with van der Waals surface area (Å²) in [6.45, 7) is 47.6. The van der Waals surface area contributed by atoms with Gasteiger partial charge in [-0.1, -0.05) is 146 Å². The average Bonchev–Trinajstić information content (AvgIpc) is 1.41. The molecule has 1 aliphatic heterocycles. The third kappa shape index (κ3) is 98.3. The van der Waals surface area contributed by atoms with Crippen molar-refractivity contribution >= 4 is 68.3 Å². The minimum Gasteiger partial charge on any atom is -0.811 e. The lowest BCUT2D eigenvalue weighted by Crippen LogP contribution is -2.46. The van der Waals surface area contributed by atoms with Gasteiger partial charge in [0.05, 0.1) is 72.1 Å². The molecular weight excluding hydrogens is 1300 g/mol. The zero-order valence-electron chi connectivity index (χ0n) is 63.1. The van der Waals surface area contributed by atoms with Gasteiger partial charge in [-0.2, -0.15) is 0 Å². The Morgan fingerprint density at radius 1 is 0.505 bits per heavy atom. The molecule has 0 aromatic heterocycles. The maximum Gasteiger partial charge on any atom is 0.322 e. The van der Waals surface area contributed by atoms with E-state index < -0.39 is 27.1 Å². The van der Waals surface area contributed by atoms with E-state index in [-0.39, 0.29) is 108 Å². The molecule has 0 aromatic carbocycles. The second kappa shape index (κ2) is 71.7. The molecule has 31 nitrogen and oxygen atoms in total. The number of amides is 1. The topological polar surface area (TPSA) is 562 Å². The van der Waals surface area contributed by atoms with Gasteiger partial charge < -0.3 is 109 Å². The summed E-state index contributed by atoms with van der Waals surface area (Å²) in [6, 6.07) is -0.858. The number of carbonyl (C=O) groups is 9. The summed E-state index contributed by atoms with van der Waals surface area (Å²) in [5, 5.41) is 5.93. The molecule has 0 bridgehead atoms. The second-order valence-corrected chi connectivity index (χ2v) is 28.7. The van der Waals surface area contributed by atoms with Crippen LogP contribution >= 0.6 is 15.4 Å². The van der Waals surface area contributed by atoms with Crippen LogP contribution in [0, 0.1) is 53.3 Å². The molecular formula is C64H137N11O20P2-4. The average molecular weight is 1440 g/mol. The standard InChI is InChI=1S/C9H18N2O.C9H17NO2.C7H16N2O.2C7H15NO2.C6H14N2O.2C6H13NO2.C4H11O4P.C3H9O3P/c1-8(2)9(12)7-11-5-3-10-4-6-11;1-7(2)9(12)6-8(11)4-3-5-10;1-5(2)7(10)6(9)3-4-8;1-5(2)4-10-7(9)6(3)8;1-6(2)5-10-7(9)3-4-8;1-5(2)6(9)8-4-3-7;1-5(2)4-9-6(8)3-7;1-5(2)6(8)9-4-3-7;1-4(2)3-8-9(5,6)7;1-3(2)7(4,5)6/h8,10H,3-7H2,1-2H3;7H,3-6,10H2,1-2H3;5-6H,3-4,8-9H2,1-2H3;5-6H,4,8H2,1-3H3;6H,3-5,8H2,1-2H3;5H,3-4,7H2,1-2H3,(H,8,9);2*5H,3-4,7H2,1-2H3;4H,3H2,1-2H3,(H2,5,6,7);3H,1-2H3,(H2,4,5,6)/p-4/t;;2*6-;;;;;;/m..01....../s1. The van der Waals surface area contributed by atoms with Gasteiger partial charge >= 0.3 is 23.9 Å². The van der Waals surface area contributed by atoms with E-state index in [1.54, 1.807) is 48.5 Å². The van der Waals surface area contributed by atoms with Crippen molar-refractivity contribution in [3.05, 3.63) is 0 Å². The number of Topliss-reactive ketones (excluding diaryl/α,β-unsaturated/α-hetero) is 4. The molecule has 1 rings (SSSR count). The van der Waals surface area contributed by atoms with Crippen LogP contribution in [0.25, 0.3) is 0 Å². The van der Waals surface area contributed by atoms with Crippen LogP contribution in [0.2, 0.25) is 0 Å². The van der Waals surface area contributed by atoms with Gasteiger partial charge in [0.1, 0.15) is 30.0 Å². The van der Waals surface area contributed by atoms with Crippen LogP contribution < -0.4 is 76.1 Å². The zero-order valence-corrected chi connectivity index (χ0v) is 64.9. The lowest BCUT2D eigenvalue weighted by Gasteiger charge is -2.33. The van der Waals surface area contributed by atoms with Crippen molar-refractivity contribution in [1.29, 1.82) is 0 Å². The third-order valence-corrected chi connectivity index (χ3v) is 12.7. The number of phosphoric ester groups is 1. The van der Waals surface area contributed by atoms with Gasteiger partial charge in [0.25, 0.3) is 0 Å². The van der Waals surface area contributed by atoms with Crippen molar-refractivity contribution in [2.75, 3.05) is 112 Å². The molecule has 18 N–H and O–H groups in total. The Morgan fingerprint density at radius 3 is 1.26 bits per heavy atom. The summed E-state index contributed by atoms with van der Waals surface area (Å²) in [6.07, 6.45) is 2.13. The first-order chi connectivity index (χ1) is 44.5. The highest BCUT2D eigenvalue weighted by atomic mass is 31.2. The van der Waals surface area contributed by atoms with E-state index in [1.165, 1.54) is 13.8 Å². The Kier molecular flexibility index (Phi) is 82.4. The predicted molar refractivity (Wildman–Crippen MR) is 375 cm³/mol. The number of ketones is 4. The Balaban J connectivity index is -0.000000127. The first-order valence-electron chi connectivity index (χ1n) is 33.3. The summed E-state index contributed by atoms with van der Waals surface area (Å²) in [5.41, 5.74) is 40.8. The molecule has 0 saturated carbocycles. The van der Waals surface area contributed by atoms with Crippen molar-refractivity contribution in [3.63, 3.8) is 0 Å². The summed E-state index contributed by atoms with van der Waals surface area (Å²) in [5.74, 6) is 0.973. The molecule has 0 aliphatic carbocycles. The predicted octanol–water partition coefficient (Wildman–Crippen LogP) is 0.783. The summed E-state index contributed by atoms with van der Waals surface area (Å²) in [4.78, 5) is 139. The Hall–Kier alpha value is -4.11. The van der Waals surface area contributed by atoms with Gasteiger partial charge in [-0.05, 0) is 62.2 Å². The molecule has 0 spiro atoms. The molecule has 1 fully saturated rings. The van der Waals surface area contributed by atoms with Crippen LogP contribution in [0.5, 0.6) is 0 Å². The van der Waals surface area contributed by atoms with Gasteiger partial charge in [0, 0.05) is 82.5 Å². The molecule has 1 saturated heterocycles. The summed E-state index contributed by atoms with van der Waals surface area (Å²) in [7, 11) is -8.96. The number of carbonyl (C=O) groups excluding carboxylic acids is 9. The minimum atomic E-state index is -4.72. The van der Waals surface area contributed by atoms with Crippen molar-refractivity contribution in [1.82, 2.24) is 15.5 Å². The highest BCUT2D eigenvalue weighted by molar-refractivity contribution is 7.49. The first-order valence-corrected chi connectivity index (χ1v) is 36.4. The number of ether oxygens (including phenoxy) is 4. The number of nitrogens with two attached hydrogens (primary N) is 8. The number of piperazine rings is 1. The lowest BCUT2D eigenvalue weighted by molar-refractivity contribution is -0.342. The Morgan fingerprint density at radius 2 is 0.948 bits per heavy atom. The summed E-state index contributed by atoms with van der Waals surface area (Å²) < 4.78 is 42.5. The molecule has 0 aromatic rings. The van der Waals surface area contributed by atoms with Gasteiger partial charge in [0.15, 0.2) is 5.78 Å². The van der Waals surface area contributed by atoms with Gasteiger partial charge in [-0.3, -0.25) is 48.1 Å². The number of esters is 4. The van der Waals surface area contributed by atoms with E-state index in [0.717, 1.165) is 26.2 Å². The Labute approximate surface area is 583 Å². The molecule has 97 heavy (non-hydrogen) atoms. The molecule has 33 heteroatoms. The van der Waals surface area contributed by atoms with Crippen molar-refractivity contribution < 1.29 is 95.3 Å². The van der Waals surface area contributed by atoms with Crippen LogP contribution in [0.3, 0.4) is 0 Å². The molecule has 582 valence electrons. The van der Waals surface area contributed by atoms with Crippen LogP contribution in [0.15, 0.2) is 0 Å². The third-order valence-electron chi connectivity index (χ3n) is 10.9. The largest absolute Gasteiger partial charge is 0.811 e. The fourth-order valence-electron chi connectivity index (χ4n) is 4.92. The zero-order chi connectivity index (χ0) is 78.2. The van der Waals surface area contributed by atoms with E-state index in [2.05, 4.69) is 29.5 Å². The highest BCUT2D eigenvalue weighted by Gasteiger charge is 2.17. The fraction of sp³-hybridized carbons (Fsp3) is 0.859. The second-order valence-electron chi connectivity index (χ2n) is 25.4. The smallest absolute Gasteiger partial charge is 0.322 e. The molecule has 1 amide bonds. The van der Waals surface area contributed by atoms with Crippen LogP contribution in [0.1, 0.15) is 178 Å². The van der Waals surface area contributed by atoms with Crippen molar-refractivity contribution in [2.45, 2.75) is 195 Å². The SMILES string of the molecule is CC(C)C(=O)CC(=O)CCCN.CC(C)C(=O)CN1CCNCC1.CC(C)C(=O)NCCN.CC(C)C(=O)OCCN.CC(C)C(=O)[C@@H](N)CCN.CC(C)COC(=O)CCN.CC(C)COC(=O)CN.CC(C)COC(=O)[C@@H](C)N.CC(C)COP(=O)([O-])[O-].CC(C)P(=O)([O-])[O-]. The first kappa shape index (κ1) is 111. The van der Waals surface area contributed by atoms with Crippen LogP contribution in [-0.2, 0) is 75.8 Å². The Bertz CT molecular complexity index is 2050. The van der Waals surface area contributed by atoms with Crippen LogP contribution in [0.4, 0.5) is 0 Å². The van der Waals surface area contributed by atoms with Gasteiger partial charge in [-0.25, -0.2) is 0 Å². The number of hydrogen-bond acceptors (Lipinski definition) is 30.